The van der Waals surface area contributed by atoms with Gasteiger partial charge in [0.05, 0.1) is 16.7 Å². The van der Waals surface area contributed by atoms with Crippen LogP contribution in [0.4, 0.5) is 19.0 Å². The maximum atomic E-state index is 12.7. The van der Waals surface area contributed by atoms with Crippen molar-refractivity contribution in [1.29, 1.82) is 0 Å². The number of halogens is 4. The largest absolute Gasteiger partial charge is 0.451 e. The lowest BCUT2D eigenvalue weighted by Gasteiger charge is -2.15. The molecule has 2 aromatic heterocycles. The zero-order valence-electron chi connectivity index (χ0n) is 11.4. The molecule has 0 saturated heterocycles. The maximum absolute atomic E-state index is 12.7. The van der Waals surface area contributed by atoms with Crippen LogP contribution in [0.25, 0.3) is 0 Å². The Bertz CT molecular complexity index is 656. The topological polar surface area (TPSA) is 50.7 Å². The van der Waals surface area contributed by atoms with Gasteiger partial charge in [-0.1, -0.05) is 11.6 Å². The third-order valence-corrected chi connectivity index (χ3v) is 4.09. The minimum Gasteiger partial charge on any atom is -0.363 e. The molecular formula is C12H12ClF3N4S. The third kappa shape index (κ3) is 3.82. The summed E-state index contributed by atoms with van der Waals surface area (Å²) in [6.45, 7) is 5.55. The number of hydrogen-bond acceptors (Lipinski definition) is 5. The summed E-state index contributed by atoms with van der Waals surface area (Å²) in [6.07, 6.45) is -4.64. The third-order valence-electron chi connectivity index (χ3n) is 2.65. The standard InChI is InChI=1S/C12H12ClF3N4S/c1-5-10(21-7(3)17-5)6(2)18-9-4-8(13)19-11(20-9)12(14,15)16/h4,6H,1-3H3,(H,18,19,20). The molecule has 2 rings (SSSR count). The van der Waals surface area contributed by atoms with Crippen LogP contribution in [0.1, 0.15) is 34.4 Å². The van der Waals surface area contributed by atoms with E-state index in [1.807, 2.05) is 20.8 Å². The summed E-state index contributed by atoms with van der Waals surface area (Å²) in [6, 6.07) is 1.03. The predicted molar refractivity (Wildman–Crippen MR) is 75.7 cm³/mol. The van der Waals surface area contributed by atoms with Crippen LogP contribution in [0.15, 0.2) is 6.07 Å². The second-order valence-corrected chi connectivity index (χ2v) is 6.07. The number of nitrogens with one attached hydrogen (secondary N) is 1. The summed E-state index contributed by atoms with van der Waals surface area (Å²) in [5.74, 6) is -1.23. The van der Waals surface area contributed by atoms with Gasteiger partial charge in [-0.25, -0.2) is 15.0 Å². The number of anilines is 1. The number of rotatable bonds is 3. The summed E-state index contributed by atoms with van der Waals surface area (Å²) in [5.41, 5.74) is 0.841. The number of hydrogen-bond donors (Lipinski definition) is 1. The summed E-state index contributed by atoms with van der Waals surface area (Å²) in [4.78, 5) is 11.9. The molecule has 1 unspecified atom stereocenters. The van der Waals surface area contributed by atoms with Crippen LogP contribution in [-0.2, 0) is 6.18 Å². The number of nitrogens with zero attached hydrogens (tertiary/aromatic N) is 3. The SMILES string of the molecule is Cc1nc(C)c(C(C)Nc2cc(Cl)nc(C(F)(F)F)n2)s1. The molecule has 0 radical (unpaired) electrons. The minimum absolute atomic E-state index is 0.0280. The Labute approximate surface area is 128 Å². The van der Waals surface area contributed by atoms with Crippen molar-refractivity contribution in [3.8, 4) is 0 Å². The van der Waals surface area contributed by atoms with Gasteiger partial charge >= 0.3 is 6.18 Å². The molecule has 0 aliphatic heterocycles. The number of aromatic nitrogens is 3. The molecule has 1 N–H and O–H groups in total. The average molecular weight is 337 g/mol. The highest BCUT2D eigenvalue weighted by molar-refractivity contribution is 7.11. The van der Waals surface area contributed by atoms with Crippen LogP contribution in [0.2, 0.25) is 5.15 Å². The molecule has 21 heavy (non-hydrogen) atoms. The Morgan fingerprint density at radius 3 is 2.43 bits per heavy atom. The summed E-state index contributed by atoms with van der Waals surface area (Å²) in [7, 11) is 0. The van der Waals surface area contributed by atoms with Gasteiger partial charge in [0.2, 0.25) is 5.82 Å². The van der Waals surface area contributed by atoms with E-state index in [0.717, 1.165) is 15.6 Å². The molecule has 0 spiro atoms. The van der Waals surface area contributed by atoms with Crippen molar-refractivity contribution in [1.82, 2.24) is 15.0 Å². The zero-order valence-corrected chi connectivity index (χ0v) is 13.0. The Kier molecular flexibility index (Phi) is 4.38. The van der Waals surface area contributed by atoms with Gasteiger partial charge in [-0.15, -0.1) is 11.3 Å². The molecule has 4 nitrogen and oxygen atoms in total. The van der Waals surface area contributed by atoms with E-state index >= 15 is 0 Å². The van der Waals surface area contributed by atoms with Crippen molar-refractivity contribution in [3.63, 3.8) is 0 Å². The van der Waals surface area contributed by atoms with Gasteiger partial charge in [0.1, 0.15) is 11.0 Å². The normalized spacial score (nSPS) is 13.3. The summed E-state index contributed by atoms with van der Waals surface area (Å²) >= 11 is 7.10. The van der Waals surface area contributed by atoms with E-state index in [1.54, 1.807) is 0 Å². The average Bonchev–Trinajstić information content (AvgIpc) is 2.66. The van der Waals surface area contributed by atoms with Crippen LogP contribution in [0.3, 0.4) is 0 Å². The quantitative estimate of drug-likeness (QED) is 0.844. The van der Waals surface area contributed by atoms with Gasteiger partial charge in [-0.2, -0.15) is 13.2 Å². The molecule has 2 aromatic rings. The fraction of sp³-hybridized carbons (Fsp3) is 0.417. The molecule has 1 atom stereocenters. The molecule has 0 saturated carbocycles. The van der Waals surface area contributed by atoms with Crippen molar-refractivity contribution in [2.24, 2.45) is 0 Å². The predicted octanol–water partition coefficient (Wildman–Crippen LogP) is 4.40. The fourth-order valence-corrected chi connectivity index (χ4v) is 2.97. The Hall–Kier alpha value is -1.41. The van der Waals surface area contributed by atoms with E-state index in [-0.39, 0.29) is 17.0 Å². The van der Waals surface area contributed by atoms with Gasteiger partial charge in [0, 0.05) is 10.9 Å². The first kappa shape index (κ1) is 16.0. The van der Waals surface area contributed by atoms with Crippen molar-refractivity contribution >= 4 is 28.8 Å². The maximum Gasteiger partial charge on any atom is 0.451 e. The van der Waals surface area contributed by atoms with E-state index in [0.29, 0.717) is 0 Å². The van der Waals surface area contributed by atoms with Gasteiger partial charge in [-0.05, 0) is 20.8 Å². The van der Waals surface area contributed by atoms with E-state index in [4.69, 9.17) is 11.6 Å². The first-order valence-corrected chi connectivity index (χ1v) is 7.18. The van der Waals surface area contributed by atoms with E-state index in [1.165, 1.54) is 17.4 Å². The Morgan fingerprint density at radius 2 is 1.90 bits per heavy atom. The molecule has 2 heterocycles. The van der Waals surface area contributed by atoms with Crippen LogP contribution >= 0.6 is 22.9 Å². The molecule has 9 heteroatoms. The number of aryl methyl sites for hydroxylation is 2. The van der Waals surface area contributed by atoms with Crippen LogP contribution in [0, 0.1) is 13.8 Å². The fourth-order valence-electron chi connectivity index (χ4n) is 1.85. The first-order valence-electron chi connectivity index (χ1n) is 5.99. The van der Waals surface area contributed by atoms with E-state index in [9.17, 15) is 13.2 Å². The molecule has 0 amide bonds. The number of alkyl halides is 3. The van der Waals surface area contributed by atoms with Crippen LogP contribution in [0.5, 0.6) is 0 Å². The van der Waals surface area contributed by atoms with Gasteiger partial charge in [-0.3, -0.25) is 0 Å². The van der Waals surface area contributed by atoms with Crippen molar-refractivity contribution in [3.05, 3.63) is 32.6 Å². The van der Waals surface area contributed by atoms with Crippen molar-refractivity contribution in [2.75, 3.05) is 5.32 Å². The van der Waals surface area contributed by atoms with Crippen LogP contribution in [-0.4, -0.2) is 15.0 Å². The smallest absolute Gasteiger partial charge is 0.363 e. The highest BCUT2D eigenvalue weighted by atomic mass is 35.5. The lowest BCUT2D eigenvalue weighted by Crippen LogP contribution is -2.14. The molecule has 0 fully saturated rings. The lowest BCUT2D eigenvalue weighted by atomic mass is 10.2. The molecule has 0 bridgehead atoms. The summed E-state index contributed by atoms with van der Waals surface area (Å²) < 4.78 is 38.0. The second-order valence-electron chi connectivity index (χ2n) is 4.45. The van der Waals surface area contributed by atoms with E-state index in [2.05, 4.69) is 20.3 Å². The highest BCUT2D eigenvalue weighted by Crippen LogP contribution is 2.30. The van der Waals surface area contributed by atoms with Gasteiger partial charge < -0.3 is 5.32 Å². The van der Waals surface area contributed by atoms with Gasteiger partial charge in [0.15, 0.2) is 0 Å². The second kappa shape index (κ2) is 5.76. The Morgan fingerprint density at radius 1 is 1.24 bits per heavy atom. The summed E-state index contributed by atoms with van der Waals surface area (Å²) in [5, 5.41) is 3.54. The van der Waals surface area contributed by atoms with E-state index < -0.39 is 12.0 Å². The minimum atomic E-state index is -4.64. The molecule has 114 valence electrons. The van der Waals surface area contributed by atoms with Gasteiger partial charge in [0.25, 0.3) is 0 Å². The Balaban J connectivity index is 2.27. The van der Waals surface area contributed by atoms with Crippen molar-refractivity contribution < 1.29 is 13.2 Å². The molecule has 0 aliphatic carbocycles. The van der Waals surface area contributed by atoms with Crippen molar-refractivity contribution in [2.45, 2.75) is 33.0 Å². The first-order chi connectivity index (χ1) is 9.66. The molecular weight excluding hydrogens is 325 g/mol. The molecule has 0 aromatic carbocycles. The lowest BCUT2D eigenvalue weighted by molar-refractivity contribution is -0.144. The molecule has 0 aliphatic rings. The van der Waals surface area contributed by atoms with Crippen LogP contribution < -0.4 is 5.32 Å². The highest BCUT2D eigenvalue weighted by Gasteiger charge is 2.35. The zero-order chi connectivity index (χ0) is 15.8. The number of thiazole rings is 1. The monoisotopic (exact) mass is 336 g/mol.